The van der Waals surface area contributed by atoms with Gasteiger partial charge in [-0.1, -0.05) is 18.2 Å². The molecule has 1 saturated carbocycles. The maximum Gasteiger partial charge on any atom is 0.307 e. The van der Waals surface area contributed by atoms with Crippen LogP contribution in [0.4, 0.5) is 0 Å². The normalized spacial score (nSPS) is 23.9. The van der Waals surface area contributed by atoms with Crippen molar-refractivity contribution in [3.05, 3.63) is 35.4 Å². The molecule has 2 unspecified atom stereocenters. The molecule has 0 bridgehead atoms. The first kappa shape index (κ1) is 8.76. The number of hydrogen-bond donors (Lipinski definition) is 1. The molecular formula is C11H9NO2. The molecule has 0 amide bonds. The third-order valence-electron chi connectivity index (χ3n) is 2.59. The van der Waals surface area contributed by atoms with Gasteiger partial charge in [0.1, 0.15) is 0 Å². The molecular weight excluding hydrogens is 178 g/mol. The van der Waals surface area contributed by atoms with E-state index in [1.54, 1.807) is 12.1 Å². The number of carbonyl (C=O) groups is 1. The molecule has 1 aromatic rings. The zero-order chi connectivity index (χ0) is 10.1. The summed E-state index contributed by atoms with van der Waals surface area (Å²) in [4.78, 5) is 10.7. The van der Waals surface area contributed by atoms with Crippen LogP contribution in [0.1, 0.15) is 23.5 Å². The van der Waals surface area contributed by atoms with Crippen molar-refractivity contribution in [3.63, 3.8) is 0 Å². The van der Waals surface area contributed by atoms with E-state index in [1.807, 2.05) is 12.1 Å². The zero-order valence-electron chi connectivity index (χ0n) is 7.47. The summed E-state index contributed by atoms with van der Waals surface area (Å²) in [6, 6.07) is 9.28. The molecule has 1 fully saturated rings. The molecule has 14 heavy (non-hydrogen) atoms. The van der Waals surface area contributed by atoms with Crippen molar-refractivity contribution < 1.29 is 9.90 Å². The van der Waals surface area contributed by atoms with Crippen molar-refractivity contribution in [2.75, 3.05) is 0 Å². The predicted molar refractivity (Wildman–Crippen MR) is 49.6 cm³/mol. The van der Waals surface area contributed by atoms with E-state index in [2.05, 4.69) is 6.07 Å². The minimum Gasteiger partial charge on any atom is -0.481 e. The molecule has 0 saturated heterocycles. The summed E-state index contributed by atoms with van der Waals surface area (Å²) in [6.07, 6.45) is 0.661. The summed E-state index contributed by atoms with van der Waals surface area (Å²) < 4.78 is 0. The number of rotatable bonds is 2. The van der Waals surface area contributed by atoms with Crippen LogP contribution in [0.25, 0.3) is 0 Å². The van der Waals surface area contributed by atoms with E-state index < -0.39 is 5.97 Å². The van der Waals surface area contributed by atoms with Crippen LogP contribution in [-0.4, -0.2) is 11.1 Å². The standard InChI is InChI=1S/C11H9NO2/c12-6-7-3-1-2-4-8(7)9-5-10(9)11(13)14/h1-4,9-10H,5H2,(H,13,14). The van der Waals surface area contributed by atoms with E-state index in [0.717, 1.165) is 5.56 Å². The maximum atomic E-state index is 10.7. The van der Waals surface area contributed by atoms with E-state index in [4.69, 9.17) is 10.4 Å². The highest BCUT2D eigenvalue weighted by Gasteiger charge is 2.45. The van der Waals surface area contributed by atoms with Crippen LogP contribution < -0.4 is 0 Å². The fourth-order valence-electron chi connectivity index (χ4n) is 1.73. The van der Waals surface area contributed by atoms with Crippen molar-refractivity contribution >= 4 is 5.97 Å². The Morgan fingerprint density at radius 1 is 1.50 bits per heavy atom. The van der Waals surface area contributed by atoms with Crippen LogP contribution in [0.2, 0.25) is 0 Å². The Morgan fingerprint density at radius 2 is 2.21 bits per heavy atom. The summed E-state index contributed by atoms with van der Waals surface area (Å²) in [5.74, 6) is -1.00. The molecule has 1 aromatic carbocycles. The molecule has 0 aromatic heterocycles. The number of benzene rings is 1. The zero-order valence-corrected chi connectivity index (χ0v) is 7.47. The molecule has 70 valence electrons. The molecule has 0 spiro atoms. The fourth-order valence-corrected chi connectivity index (χ4v) is 1.73. The van der Waals surface area contributed by atoms with Gasteiger partial charge in [0, 0.05) is 0 Å². The highest BCUT2D eigenvalue weighted by Crippen LogP contribution is 2.48. The average Bonchev–Trinajstić information content (AvgIpc) is 2.97. The Balaban J connectivity index is 2.27. The topological polar surface area (TPSA) is 61.1 Å². The Bertz CT molecular complexity index is 420. The lowest BCUT2D eigenvalue weighted by molar-refractivity contribution is -0.138. The van der Waals surface area contributed by atoms with Gasteiger partial charge in [-0.05, 0) is 24.0 Å². The predicted octanol–water partition coefficient (Wildman–Crippen LogP) is 1.75. The third-order valence-corrected chi connectivity index (χ3v) is 2.59. The summed E-state index contributed by atoms with van der Waals surface area (Å²) in [5.41, 5.74) is 1.48. The van der Waals surface area contributed by atoms with E-state index in [-0.39, 0.29) is 11.8 Å². The van der Waals surface area contributed by atoms with Gasteiger partial charge in [0.05, 0.1) is 17.6 Å². The second kappa shape index (κ2) is 3.15. The summed E-state index contributed by atoms with van der Waals surface area (Å²) in [6.45, 7) is 0. The van der Waals surface area contributed by atoms with Crippen LogP contribution in [0.3, 0.4) is 0 Å². The lowest BCUT2D eigenvalue weighted by atomic mass is 10.0. The van der Waals surface area contributed by atoms with Gasteiger partial charge < -0.3 is 5.11 Å². The summed E-state index contributed by atoms with van der Waals surface area (Å²) in [5, 5.41) is 17.6. The van der Waals surface area contributed by atoms with Crippen LogP contribution in [-0.2, 0) is 4.79 Å². The van der Waals surface area contributed by atoms with Gasteiger partial charge in [0.2, 0.25) is 0 Å². The number of hydrogen-bond acceptors (Lipinski definition) is 2. The van der Waals surface area contributed by atoms with Crippen LogP contribution in [0.15, 0.2) is 24.3 Å². The van der Waals surface area contributed by atoms with Gasteiger partial charge in [-0.3, -0.25) is 4.79 Å². The highest BCUT2D eigenvalue weighted by molar-refractivity contribution is 5.75. The average molecular weight is 187 g/mol. The SMILES string of the molecule is N#Cc1ccccc1C1CC1C(=O)O. The van der Waals surface area contributed by atoms with Crippen LogP contribution in [0, 0.1) is 17.2 Å². The lowest BCUT2D eigenvalue weighted by Gasteiger charge is -2.00. The van der Waals surface area contributed by atoms with Crippen molar-refractivity contribution in [1.29, 1.82) is 5.26 Å². The van der Waals surface area contributed by atoms with Crippen LogP contribution in [0.5, 0.6) is 0 Å². The largest absolute Gasteiger partial charge is 0.481 e. The minimum absolute atomic E-state index is 0.0448. The molecule has 0 radical (unpaired) electrons. The third kappa shape index (κ3) is 1.35. The molecule has 0 aliphatic heterocycles. The lowest BCUT2D eigenvalue weighted by Crippen LogP contribution is -1.99. The Morgan fingerprint density at radius 3 is 2.79 bits per heavy atom. The first-order valence-electron chi connectivity index (χ1n) is 4.46. The van der Waals surface area contributed by atoms with E-state index in [9.17, 15) is 4.79 Å². The molecule has 1 N–H and O–H groups in total. The van der Waals surface area contributed by atoms with Gasteiger partial charge in [0.15, 0.2) is 0 Å². The van der Waals surface area contributed by atoms with E-state index >= 15 is 0 Å². The van der Waals surface area contributed by atoms with Crippen molar-refractivity contribution in [3.8, 4) is 6.07 Å². The maximum absolute atomic E-state index is 10.7. The van der Waals surface area contributed by atoms with Crippen molar-refractivity contribution in [2.24, 2.45) is 5.92 Å². The van der Waals surface area contributed by atoms with E-state index in [0.29, 0.717) is 12.0 Å². The highest BCUT2D eigenvalue weighted by atomic mass is 16.4. The first-order valence-corrected chi connectivity index (χ1v) is 4.46. The number of carboxylic acid groups (broad SMARTS) is 1. The quantitative estimate of drug-likeness (QED) is 0.767. The number of nitrogens with zero attached hydrogens (tertiary/aromatic N) is 1. The smallest absolute Gasteiger partial charge is 0.307 e. The van der Waals surface area contributed by atoms with Gasteiger partial charge in [0.25, 0.3) is 0 Å². The fraction of sp³-hybridized carbons (Fsp3) is 0.273. The summed E-state index contributed by atoms with van der Waals surface area (Å²) in [7, 11) is 0. The van der Waals surface area contributed by atoms with Gasteiger partial charge >= 0.3 is 5.97 Å². The summed E-state index contributed by atoms with van der Waals surface area (Å²) >= 11 is 0. The number of carboxylic acids is 1. The van der Waals surface area contributed by atoms with Gasteiger partial charge in [-0.25, -0.2) is 0 Å². The Kier molecular flexibility index (Phi) is 1.97. The molecule has 3 nitrogen and oxygen atoms in total. The van der Waals surface area contributed by atoms with Crippen molar-refractivity contribution in [2.45, 2.75) is 12.3 Å². The molecule has 1 aliphatic carbocycles. The molecule has 0 heterocycles. The van der Waals surface area contributed by atoms with E-state index in [1.165, 1.54) is 0 Å². The Labute approximate surface area is 81.6 Å². The van der Waals surface area contributed by atoms with Crippen LogP contribution >= 0.6 is 0 Å². The molecule has 3 heteroatoms. The van der Waals surface area contributed by atoms with Gasteiger partial charge in [-0.2, -0.15) is 5.26 Å². The van der Waals surface area contributed by atoms with Crippen molar-refractivity contribution in [1.82, 2.24) is 0 Å². The Hall–Kier alpha value is -1.82. The minimum atomic E-state index is -0.761. The first-order chi connectivity index (χ1) is 6.74. The van der Waals surface area contributed by atoms with Gasteiger partial charge in [-0.15, -0.1) is 0 Å². The monoisotopic (exact) mass is 187 g/mol. The molecule has 2 rings (SSSR count). The number of aliphatic carboxylic acids is 1. The molecule has 2 atom stereocenters. The second-order valence-corrected chi connectivity index (χ2v) is 3.49. The molecule has 1 aliphatic rings. The number of nitriles is 1. The second-order valence-electron chi connectivity index (χ2n) is 3.49.